The van der Waals surface area contributed by atoms with E-state index in [4.69, 9.17) is 4.74 Å². The fourth-order valence-corrected chi connectivity index (χ4v) is 1.29. The van der Waals surface area contributed by atoms with Gasteiger partial charge in [0.25, 0.3) is 0 Å². The maximum absolute atomic E-state index is 5.48. The SMILES string of the molecule is CC12C=CC=CC1(C)O2.[Na]. The molecule has 0 aromatic heterocycles. The van der Waals surface area contributed by atoms with Gasteiger partial charge >= 0.3 is 0 Å². The quantitative estimate of drug-likeness (QED) is 0.369. The molecule has 0 saturated carbocycles. The van der Waals surface area contributed by atoms with Crippen molar-refractivity contribution in [3.63, 3.8) is 0 Å². The molecule has 10 heavy (non-hydrogen) atoms. The van der Waals surface area contributed by atoms with Crippen LogP contribution >= 0.6 is 0 Å². The Kier molecular flexibility index (Phi) is 1.89. The summed E-state index contributed by atoms with van der Waals surface area (Å²) in [6.07, 6.45) is 8.28. The van der Waals surface area contributed by atoms with Crippen LogP contribution in [-0.4, -0.2) is 40.8 Å². The molecule has 2 rings (SSSR count). The summed E-state index contributed by atoms with van der Waals surface area (Å²) in [6.45, 7) is 4.21. The Balaban J connectivity index is 0.000000500. The van der Waals surface area contributed by atoms with Crippen LogP contribution in [-0.2, 0) is 4.74 Å². The molecule has 1 heterocycles. The molecular formula is C8H10NaO. The normalized spacial score (nSPS) is 47.8. The Labute approximate surface area is 83.4 Å². The molecule has 0 amide bonds. The van der Waals surface area contributed by atoms with E-state index in [1.54, 1.807) is 0 Å². The van der Waals surface area contributed by atoms with Crippen LogP contribution in [0.2, 0.25) is 0 Å². The van der Waals surface area contributed by atoms with Crippen LogP contribution in [0.4, 0.5) is 0 Å². The van der Waals surface area contributed by atoms with Crippen molar-refractivity contribution in [2.45, 2.75) is 25.0 Å². The van der Waals surface area contributed by atoms with E-state index in [1.807, 2.05) is 12.2 Å². The summed E-state index contributed by atoms with van der Waals surface area (Å²) in [6, 6.07) is 0. The largest absolute Gasteiger partial charge is 0.354 e. The molecule has 0 bridgehead atoms. The van der Waals surface area contributed by atoms with E-state index in [0.29, 0.717) is 0 Å². The van der Waals surface area contributed by atoms with E-state index in [0.717, 1.165) is 0 Å². The standard InChI is InChI=1S/C8H10O.Na/c1-7-5-3-4-6-8(7,2)9-7;/h3-6H,1-2H3;. The summed E-state index contributed by atoms with van der Waals surface area (Å²) in [4.78, 5) is 0. The second-order valence-corrected chi connectivity index (χ2v) is 3.03. The van der Waals surface area contributed by atoms with Gasteiger partial charge in [-0.1, -0.05) is 12.2 Å². The van der Waals surface area contributed by atoms with E-state index in [9.17, 15) is 0 Å². The van der Waals surface area contributed by atoms with Crippen molar-refractivity contribution in [1.82, 2.24) is 0 Å². The van der Waals surface area contributed by atoms with Gasteiger partial charge in [0.1, 0.15) is 11.2 Å². The minimum absolute atomic E-state index is 0. The summed E-state index contributed by atoms with van der Waals surface area (Å²) >= 11 is 0. The summed E-state index contributed by atoms with van der Waals surface area (Å²) in [5, 5.41) is 0. The van der Waals surface area contributed by atoms with Crippen molar-refractivity contribution >= 4 is 29.6 Å². The van der Waals surface area contributed by atoms with Gasteiger partial charge in [0, 0.05) is 29.6 Å². The van der Waals surface area contributed by atoms with Crippen LogP contribution in [0.3, 0.4) is 0 Å². The van der Waals surface area contributed by atoms with E-state index in [-0.39, 0.29) is 40.8 Å². The zero-order valence-corrected chi connectivity index (χ0v) is 8.72. The fraction of sp³-hybridized carbons (Fsp3) is 0.500. The molecule has 49 valence electrons. The average molecular weight is 145 g/mol. The van der Waals surface area contributed by atoms with Gasteiger partial charge in [-0.3, -0.25) is 0 Å². The van der Waals surface area contributed by atoms with Crippen molar-refractivity contribution in [1.29, 1.82) is 0 Å². The topological polar surface area (TPSA) is 12.5 Å². The van der Waals surface area contributed by atoms with Gasteiger partial charge in [0.15, 0.2) is 0 Å². The predicted molar refractivity (Wildman–Crippen MR) is 41.9 cm³/mol. The van der Waals surface area contributed by atoms with E-state index < -0.39 is 0 Å². The second kappa shape index (κ2) is 2.21. The van der Waals surface area contributed by atoms with Crippen LogP contribution in [0.25, 0.3) is 0 Å². The molecule has 0 N–H and O–H groups in total. The third kappa shape index (κ3) is 0.928. The number of hydrogen-bond acceptors (Lipinski definition) is 1. The van der Waals surface area contributed by atoms with E-state index >= 15 is 0 Å². The molecule has 1 aliphatic carbocycles. The van der Waals surface area contributed by atoms with Gasteiger partial charge in [-0.25, -0.2) is 0 Å². The Bertz CT molecular complexity index is 187. The maximum atomic E-state index is 5.48. The van der Waals surface area contributed by atoms with Crippen LogP contribution in [0.15, 0.2) is 24.3 Å². The van der Waals surface area contributed by atoms with Crippen molar-refractivity contribution in [2.24, 2.45) is 0 Å². The van der Waals surface area contributed by atoms with E-state index in [2.05, 4.69) is 26.0 Å². The van der Waals surface area contributed by atoms with Crippen molar-refractivity contribution in [3.05, 3.63) is 24.3 Å². The fourth-order valence-electron chi connectivity index (χ4n) is 1.29. The second-order valence-electron chi connectivity index (χ2n) is 3.03. The summed E-state index contributed by atoms with van der Waals surface area (Å²) in [5.41, 5.74) is 0.0312. The van der Waals surface area contributed by atoms with Crippen molar-refractivity contribution < 1.29 is 4.74 Å². The van der Waals surface area contributed by atoms with Gasteiger partial charge in [0.2, 0.25) is 0 Å². The average Bonchev–Trinajstić information content (AvgIpc) is 2.33. The molecule has 1 fully saturated rings. The van der Waals surface area contributed by atoms with Gasteiger partial charge in [-0.05, 0) is 26.0 Å². The molecule has 2 atom stereocenters. The molecule has 1 nitrogen and oxygen atoms in total. The van der Waals surface area contributed by atoms with Gasteiger partial charge < -0.3 is 4.74 Å². The zero-order valence-electron chi connectivity index (χ0n) is 6.72. The Morgan fingerprint density at radius 3 is 1.70 bits per heavy atom. The Hall–Kier alpha value is 0.440. The molecule has 0 aromatic rings. The van der Waals surface area contributed by atoms with Crippen LogP contribution in [0.1, 0.15) is 13.8 Å². The molecule has 1 aliphatic heterocycles. The first-order valence-electron chi connectivity index (χ1n) is 3.24. The summed E-state index contributed by atoms with van der Waals surface area (Å²) < 4.78 is 5.48. The minimum atomic E-state index is 0. The molecule has 1 radical (unpaired) electrons. The Morgan fingerprint density at radius 2 is 1.40 bits per heavy atom. The summed E-state index contributed by atoms with van der Waals surface area (Å²) in [7, 11) is 0. The number of hydrogen-bond donors (Lipinski definition) is 0. The van der Waals surface area contributed by atoms with Crippen LogP contribution in [0.5, 0.6) is 0 Å². The van der Waals surface area contributed by atoms with E-state index in [1.165, 1.54) is 0 Å². The predicted octanol–water partition coefficient (Wildman–Crippen LogP) is 1.28. The smallest absolute Gasteiger partial charge is 0.117 e. The number of ether oxygens (including phenoxy) is 1. The summed E-state index contributed by atoms with van der Waals surface area (Å²) in [5.74, 6) is 0. The third-order valence-corrected chi connectivity index (χ3v) is 2.31. The molecule has 1 saturated heterocycles. The van der Waals surface area contributed by atoms with Gasteiger partial charge in [0.05, 0.1) is 0 Å². The first kappa shape index (κ1) is 8.54. The number of epoxide rings is 1. The number of allylic oxidation sites excluding steroid dienone is 2. The van der Waals surface area contributed by atoms with Crippen LogP contribution in [0, 0.1) is 0 Å². The first-order chi connectivity index (χ1) is 4.16. The van der Waals surface area contributed by atoms with Crippen molar-refractivity contribution in [2.75, 3.05) is 0 Å². The molecule has 0 spiro atoms. The monoisotopic (exact) mass is 145 g/mol. The minimum Gasteiger partial charge on any atom is -0.354 e. The number of fused-ring (bicyclic) bond motifs is 1. The molecule has 2 aliphatic rings. The maximum Gasteiger partial charge on any atom is 0.117 e. The molecular weight excluding hydrogens is 135 g/mol. The molecule has 0 aromatic carbocycles. The van der Waals surface area contributed by atoms with Gasteiger partial charge in [-0.2, -0.15) is 0 Å². The van der Waals surface area contributed by atoms with Gasteiger partial charge in [-0.15, -0.1) is 0 Å². The molecule has 2 unspecified atom stereocenters. The Morgan fingerprint density at radius 1 is 1.00 bits per heavy atom. The third-order valence-electron chi connectivity index (χ3n) is 2.31. The van der Waals surface area contributed by atoms with Crippen LogP contribution < -0.4 is 0 Å². The first-order valence-corrected chi connectivity index (χ1v) is 3.24. The number of rotatable bonds is 0. The molecule has 2 heteroatoms. The zero-order chi connectivity index (χ0) is 6.54. The van der Waals surface area contributed by atoms with Crippen molar-refractivity contribution in [3.8, 4) is 0 Å².